The summed E-state index contributed by atoms with van der Waals surface area (Å²) in [5.74, 6) is 0.807. The van der Waals surface area contributed by atoms with Crippen LogP contribution in [-0.4, -0.2) is 32.6 Å². The summed E-state index contributed by atoms with van der Waals surface area (Å²) in [7, 11) is 0. The lowest BCUT2D eigenvalue weighted by atomic mass is 10.1. The Balaban J connectivity index is 1.71. The molecule has 0 radical (unpaired) electrons. The average Bonchev–Trinajstić information content (AvgIpc) is 3.03. The summed E-state index contributed by atoms with van der Waals surface area (Å²) in [5.41, 5.74) is 3.82. The van der Waals surface area contributed by atoms with Crippen molar-refractivity contribution in [2.45, 2.75) is 32.8 Å². The number of aromatic hydroxyl groups is 1. The van der Waals surface area contributed by atoms with E-state index >= 15 is 0 Å². The lowest BCUT2D eigenvalue weighted by molar-refractivity contribution is 0.0916. The van der Waals surface area contributed by atoms with Gasteiger partial charge in [-0.05, 0) is 48.7 Å². The van der Waals surface area contributed by atoms with Gasteiger partial charge in [0.2, 0.25) is 0 Å². The summed E-state index contributed by atoms with van der Waals surface area (Å²) in [5, 5.41) is 22.2. The van der Waals surface area contributed by atoms with Gasteiger partial charge in [0.25, 0.3) is 5.91 Å². The third-order valence-corrected chi connectivity index (χ3v) is 4.31. The molecule has 26 heavy (non-hydrogen) atoms. The van der Waals surface area contributed by atoms with E-state index in [0.717, 1.165) is 35.3 Å². The number of hydrogen-bond donors (Lipinski definition) is 4. The Hall–Kier alpha value is -2.86. The first-order chi connectivity index (χ1) is 12.5. The van der Waals surface area contributed by atoms with Gasteiger partial charge in [-0.1, -0.05) is 19.1 Å². The molecule has 2 aromatic carbocycles. The number of aromatic amines is 1. The van der Waals surface area contributed by atoms with E-state index < -0.39 is 6.10 Å². The lowest BCUT2D eigenvalue weighted by Crippen LogP contribution is -2.28. The fourth-order valence-electron chi connectivity index (χ4n) is 2.93. The average molecular weight is 353 g/mol. The van der Waals surface area contributed by atoms with Crippen LogP contribution in [0.3, 0.4) is 0 Å². The van der Waals surface area contributed by atoms with E-state index in [-0.39, 0.29) is 18.2 Å². The molecule has 1 atom stereocenters. The normalized spacial score (nSPS) is 12.3. The van der Waals surface area contributed by atoms with E-state index in [1.165, 1.54) is 12.1 Å². The zero-order valence-electron chi connectivity index (χ0n) is 14.9. The van der Waals surface area contributed by atoms with Crippen molar-refractivity contribution < 1.29 is 15.0 Å². The Morgan fingerprint density at radius 2 is 2.00 bits per heavy atom. The molecule has 0 saturated heterocycles. The molecule has 6 nitrogen and oxygen atoms in total. The minimum Gasteiger partial charge on any atom is -0.508 e. The van der Waals surface area contributed by atoms with E-state index in [4.69, 9.17) is 0 Å². The fourth-order valence-corrected chi connectivity index (χ4v) is 2.93. The first-order valence-corrected chi connectivity index (χ1v) is 8.72. The first-order valence-electron chi connectivity index (χ1n) is 8.72. The zero-order chi connectivity index (χ0) is 18.7. The second kappa shape index (κ2) is 7.58. The number of benzene rings is 2. The van der Waals surface area contributed by atoms with Gasteiger partial charge >= 0.3 is 0 Å². The number of aliphatic hydroxyl groups excluding tert-OH is 1. The van der Waals surface area contributed by atoms with Crippen molar-refractivity contribution in [2.75, 3.05) is 6.54 Å². The van der Waals surface area contributed by atoms with Crippen molar-refractivity contribution in [1.29, 1.82) is 0 Å². The van der Waals surface area contributed by atoms with Gasteiger partial charge < -0.3 is 20.5 Å². The smallest absolute Gasteiger partial charge is 0.251 e. The molecule has 0 spiro atoms. The monoisotopic (exact) mass is 353 g/mol. The predicted octanol–water partition coefficient (Wildman–Crippen LogP) is 2.99. The number of nitrogens with zero attached hydrogens (tertiary/aromatic N) is 1. The summed E-state index contributed by atoms with van der Waals surface area (Å²) >= 11 is 0. The van der Waals surface area contributed by atoms with E-state index in [1.807, 2.05) is 6.92 Å². The van der Waals surface area contributed by atoms with Crippen LogP contribution in [0.15, 0.2) is 36.4 Å². The molecular weight excluding hydrogens is 330 g/mol. The zero-order valence-corrected chi connectivity index (χ0v) is 14.9. The molecule has 136 valence electrons. The van der Waals surface area contributed by atoms with E-state index in [1.54, 1.807) is 24.3 Å². The Bertz CT molecular complexity index is 916. The van der Waals surface area contributed by atoms with Crippen LogP contribution in [-0.2, 0) is 6.42 Å². The van der Waals surface area contributed by atoms with Gasteiger partial charge in [0, 0.05) is 18.5 Å². The number of aliphatic hydroxyl groups is 1. The van der Waals surface area contributed by atoms with Gasteiger partial charge in [0.1, 0.15) is 11.6 Å². The largest absolute Gasteiger partial charge is 0.508 e. The Morgan fingerprint density at radius 3 is 2.69 bits per heavy atom. The molecular formula is C20H23N3O3. The highest BCUT2D eigenvalue weighted by Crippen LogP contribution is 2.20. The number of carbonyl (C=O) groups excluding carboxylic acids is 1. The molecule has 0 fully saturated rings. The Labute approximate surface area is 151 Å². The fraction of sp³-hybridized carbons (Fsp3) is 0.300. The molecule has 1 unspecified atom stereocenters. The summed E-state index contributed by atoms with van der Waals surface area (Å²) in [6.45, 7) is 4.12. The van der Waals surface area contributed by atoms with Gasteiger partial charge in [-0.15, -0.1) is 0 Å². The maximum absolute atomic E-state index is 12.5. The maximum atomic E-state index is 12.5. The van der Waals surface area contributed by atoms with Gasteiger partial charge in [0.15, 0.2) is 0 Å². The lowest BCUT2D eigenvalue weighted by Gasteiger charge is -2.12. The van der Waals surface area contributed by atoms with Crippen molar-refractivity contribution in [3.05, 3.63) is 58.9 Å². The minimum absolute atomic E-state index is 0.0880. The Morgan fingerprint density at radius 1 is 1.27 bits per heavy atom. The quantitative estimate of drug-likeness (QED) is 0.547. The standard InChI is InChI=1S/C20H23N3O3/c1-3-4-18-22-16-10-14(9-12(2)19(16)23-18)20(26)21-11-17(25)13-5-7-15(24)8-6-13/h5-10,17,24-25H,3-4,11H2,1-2H3,(H,21,26)(H,22,23). The number of rotatable bonds is 6. The summed E-state index contributed by atoms with van der Waals surface area (Å²) in [6.07, 6.45) is 1.03. The van der Waals surface area contributed by atoms with Crippen LogP contribution in [0.25, 0.3) is 11.0 Å². The van der Waals surface area contributed by atoms with Crippen LogP contribution in [0.2, 0.25) is 0 Å². The number of aryl methyl sites for hydroxylation is 2. The van der Waals surface area contributed by atoms with Gasteiger partial charge in [0.05, 0.1) is 17.1 Å². The number of H-pyrrole nitrogens is 1. The van der Waals surface area contributed by atoms with Crippen molar-refractivity contribution in [3.63, 3.8) is 0 Å². The van der Waals surface area contributed by atoms with E-state index in [9.17, 15) is 15.0 Å². The topological polar surface area (TPSA) is 98.2 Å². The van der Waals surface area contributed by atoms with Crippen LogP contribution >= 0.6 is 0 Å². The predicted molar refractivity (Wildman–Crippen MR) is 100 cm³/mol. The number of nitrogens with one attached hydrogen (secondary N) is 2. The SMILES string of the molecule is CCCc1nc2c(C)cc(C(=O)NCC(O)c3ccc(O)cc3)cc2[nH]1. The van der Waals surface area contributed by atoms with Crippen LogP contribution in [0.4, 0.5) is 0 Å². The Kier molecular flexibility index (Phi) is 5.23. The number of phenols is 1. The van der Waals surface area contributed by atoms with Crippen LogP contribution < -0.4 is 5.32 Å². The molecule has 6 heteroatoms. The summed E-state index contributed by atoms with van der Waals surface area (Å²) in [4.78, 5) is 20.3. The molecule has 1 aromatic heterocycles. The van der Waals surface area contributed by atoms with Crippen LogP contribution in [0.5, 0.6) is 5.75 Å². The molecule has 1 amide bonds. The number of amides is 1. The number of aromatic nitrogens is 2. The molecule has 0 aliphatic rings. The number of carbonyl (C=O) groups is 1. The van der Waals surface area contributed by atoms with Gasteiger partial charge in [-0.2, -0.15) is 0 Å². The molecule has 0 aliphatic carbocycles. The number of hydrogen-bond acceptors (Lipinski definition) is 4. The second-order valence-electron chi connectivity index (χ2n) is 6.44. The van der Waals surface area contributed by atoms with Gasteiger partial charge in [-0.25, -0.2) is 4.98 Å². The highest BCUT2D eigenvalue weighted by molar-refractivity contribution is 5.98. The van der Waals surface area contributed by atoms with Gasteiger partial charge in [-0.3, -0.25) is 4.79 Å². The molecule has 4 N–H and O–H groups in total. The van der Waals surface area contributed by atoms with Crippen molar-refractivity contribution in [1.82, 2.24) is 15.3 Å². The summed E-state index contributed by atoms with van der Waals surface area (Å²) < 4.78 is 0. The third-order valence-electron chi connectivity index (χ3n) is 4.31. The van der Waals surface area contributed by atoms with E-state index in [2.05, 4.69) is 22.2 Å². The summed E-state index contributed by atoms with van der Waals surface area (Å²) in [6, 6.07) is 9.86. The molecule has 3 aromatic rings. The number of fused-ring (bicyclic) bond motifs is 1. The number of phenolic OH excluding ortho intramolecular Hbond substituents is 1. The van der Waals surface area contributed by atoms with E-state index in [0.29, 0.717) is 11.1 Å². The van der Waals surface area contributed by atoms with Crippen molar-refractivity contribution in [3.8, 4) is 5.75 Å². The molecule has 1 heterocycles. The minimum atomic E-state index is -0.840. The molecule has 0 saturated carbocycles. The van der Waals surface area contributed by atoms with Crippen LogP contribution in [0.1, 0.15) is 46.8 Å². The highest BCUT2D eigenvalue weighted by atomic mass is 16.3. The maximum Gasteiger partial charge on any atom is 0.251 e. The molecule has 3 rings (SSSR count). The third kappa shape index (κ3) is 3.86. The first kappa shape index (κ1) is 17.9. The highest BCUT2D eigenvalue weighted by Gasteiger charge is 2.14. The van der Waals surface area contributed by atoms with Crippen molar-refractivity contribution >= 4 is 16.9 Å². The molecule has 0 aliphatic heterocycles. The molecule has 0 bridgehead atoms. The van der Waals surface area contributed by atoms with Crippen LogP contribution in [0, 0.1) is 6.92 Å². The number of imidazole rings is 1. The van der Waals surface area contributed by atoms with Crippen molar-refractivity contribution in [2.24, 2.45) is 0 Å². The second-order valence-corrected chi connectivity index (χ2v) is 6.44.